The molecule has 104 valence electrons. The van der Waals surface area contributed by atoms with Crippen LogP contribution < -0.4 is 0 Å². The molecule has 0 unspecified atom stereocenters. The van der Waals surface area contributed by atoms with E-state index in [4.69, 9.17) is 4.74 Å². The first-order valence-corrected chi connectivity index (χ1v) is 8.14. The Balaban J connectivity index is 1.70. The number of piperidine rings is 1. The lowest BCUT2D eigenvalue weighted by Crippen LogP contribution is -2.44. The van der Waals surface area contributed by atoms with Gasteiger partial charge in [-0.15, -0.1) is 0 Å². The van der Waals surface area contributed by atoms with E-state index in [1.165, 1.54) is 18.5 Å². The summed E-state index contributed by atoms with van der Waals surface area (Å²) in [7, 11) is 0. The van der Waals surface area contributed by atoms with Crippen LogP contribution in [-0.2, 0) is 11.3 Å². The van der Waals surface area contributed by atoms with Gasteiger partial charge in [0.1, 0.15) is 0 Å². The van der Waals surface area contributed by atoms with Gasteiger partial charge in [-0.05, 0) is 31.7 Å². The van der Waals surface area contributed by atoms with E-state index >= 15 is 0 Å². The summed E-state index contributed by atoms with van der Waals surface area (Å²) in [6.45, 7) is 6.52. The molecule has 3 heteroatoms. The van der Waals surface area contributed by atoms with E-state index in [0.29, 0.717) is 23.1 Å². The van der Waals surface area contributed by atoms with E-state index in [1.54, 1.807) is 0 Å². The number of hydrogen-bond donors (Lipinski definition) is 0. The molecule has 1 aromatic rings. The minimum absolute atomic E-state index is 0.322. The number of fused-ring (bicyclic) bond motifs is 2. The Kier molecular flexibility index (Phi) is 3.97. The Morgan fingerprint density at radius 3 is 2.68 bits per heavy atom. The van der Waals surface area contributed by atoms with Crippen LogP contribution in [0, 0.1) is 5.92 Å². The standard InChI is InChI=1S/C16H22BrNO/c1-11(2)19-14-8-13-10-18(16(14)15(13)17)9-12-6-4-3-5-7-12/h3-7,11,13-16H,8-10H2,1-2H3/t13-,14-,15+,16-/m1/s1. The molecule has 2 aliphatic rings. The molecular weight excluding hydrogens is 302 g/mol. The molecule has 4 atom stereocenters. The van der Waals surface area contributed by atoms with E-state index in [2.05, 4.69) is 65.0 Å². The van der Waals surface area contributed by atoms with E-state index in [9.17, 15) is 0 Å². The summed E-state index contributed by atoms with van der Waals surface area (Å²) in [5, 5.41) is 0. The molecule has 1 saturated carbocycles. The molecule has 2 bridgehead atoms. The molecule has 0 radical (unpaired) electrons. The van der Waals surface area contributed by atoms with Crippen molar-refractivity contribution in [1.29, 1.82) is 0 Å². The second-order valence-electron chi connectivity index (χ2n) is 6.07. The van der Waals surface area contributed by atoms with E-state index < -0.39 is 0 Å². The van der Waals surface area contributed by atoms with E-state index in [1.807, 2.05) is 0 Å². The van der Waals surface area contributed by atoms with Gasteiger partial charge in [0.25, 0.3) is 0 Å². The largest absolute Gasteiger partial charge is 0.374 e. The third-order valence-corrected chi connectivity index (χ3v) is 5.55. The van der Waals surface area contributed by atoms with Crippen molar-refractivity contribution in [3.8, 4) is 0 Å². The number of hydrogen-bond acceptors (Lipinski definition) is 2. The normalized spacial score (nSPS) is 34.3. The van der Waals surface area contributed by atoms with Crippen LogP contribution in [-0.4, -0.2) is 34.5 Å². The molecule has 1 aliphatic heterocycles. The Hall–Kier alpha value is -0.380. The maximum atomic E-state index is 6.11. The van der Waals surface area contributed by atoms with Crippen molar-refractivity contribution < 1.29 is 4.74 Å². The maximum Gasteiger partial charge on any atom is 0.0748 e. The molecule has 2 fully saturated rings. The quantitative estimate of drug-likeness (QED) is 0.787. The maximum absolute atomic E-state index is 6.11. The van der Waals surface area contributed by atoms with Crippen LogP contribution in [0.25, 0.3) is 0 Å². The van der Waals surface area contributed by atoms with Gasteiger partial charge in [-0.2, -0.15) is 0 Å². The fraction of sp³-hybridized carbons (Fsp3) is 0.625. The number of rotatable bonds is 4. The first kappa shape index (κ1) is 13.6. The number of likely N-dealkylation sites (tertiary alicyclic amines) is 1. The van der Waals surface area contributed by atoms with Gasteiger partial charge < -0.3 is 4.74 Å². The van der Waals surface area contributed by atoms with Gasteiger partial charge >= 0.3 is 0 Å². The molecule has 0 amide bonds. The van der Waals surface area contributed by atoms with Gasteiger partial charge in [0.15, 0.2) is 0 Å². The fourth-order valence-electron chi connectivity index (χ4n) is 3.56. The highest BCUT2D eigenvalue weighted by Crippen LogP contribution is 2.44. The van der Waals surface area contributed by atoms with Crippen LogP contribution in [0.4, 0.5) is 0 Å². The molecule has 1 saturated heterocycles. The molecule has 2 nitrogen and oxygen atoms in total. The minimum atomic E-state index is 0.322. The molecule has 1 aromatic carbocycles. The first-order valence-electron chi connectivity index (χ1n) is 7.22. The number of halogens is 1. The highest BCUT2D eigenvalue weighted by molar-refractivity contribution is 9.09. The summed E-state index contributed by atoms with van der Waals surface area (Å²) >= 11 is 3.89. The van der Waals surface area contributed by atoms with Crippen LogP contribution in [0.15, 0.2) is 30.3 Å². The number of ether oxygens (including phenoxy) is 1. The topological polar surface area (TPSA) is 12.5 Å². The van der Waals surface area contributed by atoms with Crippen molar-refractivity contribution in [3.63, 3.8) is 0 Å². The minimum Gasteiger partial charge on any atom is -0.374 e. The molecule has 1 heterocycles. The summed E-state index contributed by atoms with van der Waals surface area (Å²) in [5.41, 5.74) is 1.40. The Labute approximate surface area is 124 Å². The van der Waals surface area contributed by atoms with Gasteiger partial charge in [0, 0.05) is 24.0 Å². The van der Waals surface area contributed by atoms with Gasteiger partial charge in [-0.3, -0.25) is 4.90 Å². The van der Waals surface area contributed by atoms with Crippen molar-refractivity contribution in [2.45, 2.75) is 49.9 Å². The fourth-order valence-corrected chi connectivity index (χ4v) is 4.62. The zero-order valence-corrected chi connectivity index (χ0v) is 13.2. The number of benzene rings is 1. The Bertz CT molecular complexity index is 420. The number of nitrogens with zero attached hydrogens (tertiary/aromatic N) is 1. The van der Waals surface area contributed by atoms with Crippen LogP contribution >= 0.6 is 15.9 Å². The van der Waals surface area contributed by atoms with E-state index in [-0.39, 0.29) is 0 Å². The predicted molar refractivity (Wildman–Crippen MR) is 81.5 cm³/mol. The molecule has 0 N–H and O–H groups in total. The predicted octanol–water partition coefficient (Wildman–Crippen LogP) is 3.45. The molecule has 0 spiro atoms. The Morgan fingerprint density at radius 1 is 1.32 bits per heavy atom. The second kappa shape index (κ2) is 5.55. The van der Waals surface area contributed by atoms with Crippen molar-refractivity contribution >= 4 is 15.9 Å². The highest BCUT2D eigenvalue weighted by Gasteiger charge is 2.52. The molecule has 19 heavy (non-hydrogen) atoms. The van der Waals surface area contributed by atoms with Crippen LogP contribution in [0.1, 0.15) is 25.8 Å². The zero-order chi connectivity index (χ0) is 13.4. The van der Waals surface area contributed by atoms with Crippen molar-refractivity contribution in [1.82, 2.24) is 4.90 Å². The summed E-state index contributed by atoms with van der Waals surface area (Å²) in [6, 6.07) is 11.3. The van der Waals surface area contributed by atoms with Crippen LogP contribution in [0.2, 0.25) is 0 Å². The van der Waals surface area contributed by atoms with Gasteiger partial charge in [-0.1, -0.05) is 46.3 Å². The molecular formula is C16H22BrNO. The van der Waals surface area contributed by atoms with Crippen molar-refractivity contribution in [3.05, 3.63) is 35.9 Å². The Morgan fingerprint density at radius 2 is 2.05 bits per heavy atom. The third kappa shape index (κ3) is 2.74. The lowest BCUT2D eigenvalue weighted by molar-refractivity contribution is -0.0433. The monoisotopic (exact) mass is 323 g/mol. The highest BCUT2D eigenvalue weighted by atomic mass is 79.9. The lowest BCUT2D eigenvalue weighted by Gasteiger charge is -2.34. The molecule has 1 aliphatic carbocycles. The van der Waals surface area contributed by atoms with Gasteiger partial charge in [0.05, 0.1) is 12.2 Å². The van der Waals surface area contributed by atoms with Gasteiger partial charge in [-0.25, -0.2) is 0 Å². The van der Waals surface area contributed by atoms with Crippen LogP contribution in [0.3, 0.4) is 0 Å². The second-order valence-corrected chi connectivity index (χ2v) is 7.13. The smallest absolute Gasteiger partial charge is 0.0748 e. The lowest BCUT2D eigenvalue weighted by atomic mass is 10.1. The summed E-state index contributed by atoms with van der Waals surface area (Å²) in [6.07, 6.45) is 1.93. The summed E-state index contributed by atoms with van der Waals surface area (Å²) in [4.78, 5) is 3.19. The first-order chi connectivity index (χ1) is 9.15. The SMILES string of the molecule is CC(C)O[C@@H]1C[C@@H]2CN(Cc3ccccc3)[C@H]1[C@H]2Br. The third-order valence-electron chi connectivity index (χ3n) is 4.26. The van der Waals surface area contributed by atoms with Crippen molar-refractivity contribution in [2.75, 3.05) is 6.54 Å². The summed E-state index contributed by atoms with van der Waals surface area (Å²) < 4.78 is 6.11. The zero-order valence-electron chi connectivity index (χ0n) is 11.6. The molecule has 0 aromatic heterocycles. The average Bonchev–Trinajstić information content (AvgIpc) is 2.81. The van der Waals surface area contributed by atoms with E-state index in [0.717, 1.165) is 12.5 Å². The van der Waals surface area contributed by atoms with Crippen molar-refractivity contribution in [2.24, 2.45) is 5.92 Å². The number of alkyl halides is 1. The average molecular weight is 324 g/mol. The molecule has 3 rings (SSSR count). The summed E-state index contributed by atoms with van der Waals surface area (Å²) in [5.74, 6) is 0.748. The van der Waals surface area contributed by atoms with Gasteiger partial charge in [0.2, 0.25) is 0 Å². The van der Waals surface area contributed by atoms with Crippen LogP contribution in [0.5, 0.6) is 0 Å².